The van der Waals surface area contributed by atoms with Crippen LogP contribution in [-0.4, -0.2) is 50.4 Å². The van der Waals surface area contributed by atoms with Gasteiger partial charge in [0.2, 0.25) is 5.91 Å². The molecule has 130 valence electrons. The molecule has 0 atom stereocenters. The second-order valence-corrected chi connectivity index (χ2v) is 5.92. The third-order valence-corrected chi connectivity index (χ3v) is 3.70. The molecule has 1 amide bonds. The summed E-state index contributed by atoms with van der Waals surface area (Å²) in [5, 5.41) is 14.1. The van der Waals surface area contributed by atoms with Crippen LogP contribution in [0.1, 0.15) is 38.8 Å². The Balaban J connectivity index is 2.27. The molecule has 7 heteroatoms. The average molecular weight is 332 g/mol. The molecule has 24 heavy (non-hydrogen) atoms. The lowest BCUT2D eigenvalue weighted by molar-refractivity contribution is -0.126. The lowest BCUT2D eigenvalue weighted by atomic mass is 10.2. The van der Waals surface area contributed by atoms with Crippen LogP contribution >= 0.6 is 0 Å². The molecular weight excluding hydrogens is 308 g/mol. The molecule has 0 saturated carbocycles. The van der Waals surface area contributed by atoms with Crippen molar-refractivity contribution < 1.29 is 9.90 Å². The maximum atomic E-state index is 12.2. The third kappa shape index (κ3) is 3.91. The first-order valence-electron chi connectivity index (χ1n) is 8.16. The van der Waals surface area contributed by atoms with Gasteiger partial charge >= 0.3 is 0 Å². The summed E-state index contributed by atoms with van der Waals surface area (Å²) < 4.78 is 1.75. The van der Waals surface area contributed by atoms with Gasteiger partial charge in [0.25, 0.3) is 5.56 Å². The lowest BCUT2D eigenvalue weighted by Crippen LogP contribution is -2.32. The lowest BCUT2D eigenvalue weighted by Gasteiger charge is -2.18. The van der Waals surface area contributed by atoms with E-state index >= 15 is 0 Å². The molecule has 0 unspecified atom stereocenters. The molecular formula is C17H24N4O3. The molecule has 0 aromatic carbocycles. The summed E-state index contributed by atoms with van der Waals surface area (Å²) in [5.41, 5.74) is 0.809. The number of aromatic amines is 1. The van der Waals surface area contributed by atoms with Gasteiger partial charge < -0.3 is 15.0 Å². The molecule has 0 spiro atoms. The number of nitrogens with zero attached hydrogens (tertiary/aromatic N) is 3. The minimum absolute atomic E-state index is 0.0828. The largest absolute Gasteiger partial charge is 0.395 e. The molecule has 0 saturated heterocycles. The number of rotatable bonds is 7. The zero-order chi connectivity index (χ0) is 17.7. The molecule has 2 aromatic rings. The van der Waals surface area contributed by atoms with E-state index in [4.69, 9.17) is 5.11 Å². The number of hydrogen-bond acceptors (Lipinski definition) is 4. The van der Waals surface area contributed by atoms with Crippen LogP contribution in [0.25, 0.3) is 17.1 Å². The summed E-state index contributed by atoms with van der Waals surface area (Å²) in [7, 11) is 0. The number of pyridine rings is 1. The van der Waals surface area contributed by atoms with E-state index in [0.29, 0.717) is 17.8 Å². The Morgan fingerprint density at radius 2 is 2.21 bits per heavy atom. The predicted octanol–water partition coefficient (Wildman–Crippen LogP) is 1.55. The summed E-state index contributed by atoms with van der Waals surface area (Å²) >= 11 is 0. The van der Waals surface area contributed by atoms with Crippen LogP contribution in [0.5, 0.6) is 0 Å². The molecule has 0 aliphatic rings. The van der Waals surface area contributed by atoms with Gasteiger partial charge in [-0.15, -0.1) is 0 Å². The van der Waals surface area contributed by atoms with E-state index in [1.807, 2.05) is 20.8 Å². The van der Waals surface area contributed by atoms with E-state index in [1.54, 1.807) is 21.8 Å². The third-order valence-electron chi connectivity index (χ3n) is 3.70. The van der Waals surface area contributed by atoms with E-state index < -0.39 is 0 Å². The van der Waals surface area contributed by atoms with E-state index in [1.165, 1.54) is 12.2 Å². The minimum atomic E-state index is -0.266. The molecule has 0 bridgehead atoms. The van der Waals surface area contributed by atoms with Gasteiger partial charge in [-0.25, -0.2) is 4.68 Å². The summed E-state index contributed by atoms with van der Waals surface area (Å²) in [5.74, 6) is -0.219. The SMILES string of the molecule is CCCN(CCO)C(=O)/C=C/c1cc2cnn(C(C)C)c2[nH]c1=O. The number of nitrogens with one attached hydrogen (secondary N) is 1. The Morgan fingerprint density at radius 3 is 2.83 bits per heavy atom. The van der Waals surface area contributed by atoms with Gasteiger partial charge in [0.05, 0.1) is 12.8 Å². The molecule has 2 heterocycles. The van der Waals surface area contributed by atoms with Crippen molar-refractivity contribution in [1.29, 1.82) is 0 Å². The van der Waals surface area contributed by atoms with E-state index in [9.17, 15) is 9.59 Å². The summed E-state index contributed by atoms with van der Waals surface area (Å²) in [6, 6.07) is 1.86. The maximum absolute atomic E-state index is 12.2. The van der Waals surface area contributed by atoms with Crippen molar-refractivity contribution >= 4 is 23.0 Å². The van der Waals surface area contributed by atoms with E-state index in [0.717, 1.165) is 11.8 Å². The molecule has 2 rings (SSSR count). The van der Waals surface area contributed by atoms with Crippen LogP contribution in [0.2, 0.25) is 0 Å². The first-order valence-corrected chi connectivity index (χ1v) is 8.16. The highest BCUT2D eigenvalue weighted by atomic mass is 16.3. The number of amides is 1. The normalized spacial score (nSPS) is 11.7. The fourth-order valence-corrected chi connectivity index (χ4v) is 2.53. The van der Waals surface area contributed by atoms with Gasteiger partial charge in [-0.1, -0.05) is 6.92 Å². The first-order chi connectivity index (χ1) is 11.5. The molecule has 7 nitrogen and oxygen atoms in total. The van der Waals surface area contributed by atoms with Gasteiger partial charge in [0.15, 0.2) is 0 Å². The monoisotopic (exact) mass is 332 g/mol. The number of carbonyl (C=O) groups is 1. The molecule has 2 N–H and O–H groups in total. The van der Waals surface area contributed by atoms with E-state index in [-0.39, 0.29) is 30.7 Å². The summed E-state index contributed by atoms with van der Waals surface area (Å²) in [6.07, 6.45) is 5.38. The second kappa shape index (κ2) is 7.92. The van der Waals surface area contributed by atoms with Gasteiger partial charge in [-0.2, -0.15) is 5.10 Å². The van der Waals surface area contributed by atoms with Crippen molar-refractivity contribution in [2.45, 2.75) is 33.2 Å². The van der Waals surface area contributed by atoms with Crippen LogP contribution in [0.4, 0.5) is 0 Å². The Morgan fingerprint density at radius 1 is 1.46 bits per heavy atom. The highest BCUT2D eigenvalue weighted by Crippen LogP contribution is 2.15. The quantitative estimate of drug-likeness (QED) is 0.753. The van der Waals surface area contributed by atoms with Crippen molar-refractivity contribution in [2.24, 2.45) is 0 Å². The molecule has 0 fully saturated rings. The van der Waals surface area contributed by atoms with Gasteiger partial charge in [0.1, 0.15) is 5.65 Å². The number of aliphatic hydroxyl groups excluding tert-OH is 1. The highest BCUT2D eigenvalue weighted by Gasteiger charge is 2.11. The Labute approximate surface area is 140 Å². The van der Waals surface area contributed by atoms with Gasteiger partial charge in [-0.3, -0.25) is 9.59 Å². The molecule has 0 aliphatic heterocycles. The number of aromatic nitrogens is 3. The van der Waals surface area contributed by atoms with Crippen LogP contribution in [0.3, 0.4) is 0 Å². The number of fused-ring (bicyclic) bond motifs is 1. The fourth-order valence-electron chi connectivity index (χ4n) is 2.53. The second-order valence-electron chi connectivity index (χ2n) is 5.92. The van der Waals surface area contributed by atoms with E-state index in [2.05, 4.69) is 10.1 Å². The number of carbonyl (C=O) groups excluding carboxylic acids is 1. The van der Waals surface area contributed by atoms with Crippen molar-refractivity contribution in [2.75, 3.05) is 19.7 Å². The fraction of sp³-hybridized carbons (Fsp3) is 0.471. The van der Waals surface area contributed by atoms with Crippen molar-refractivity contribution in [1.82, 2.24) is 19.7 Å². The number of hydrogen-bond donors (Lipinski definition) is 2. The predicted molar refractivity (Wildman–Crippen MR) is 93.7 cm³/mol. The van der Waals surface area contributed by atoms with Crippen molar-refractivity contribution in [3.8, 4) is 0 Å². The first kappa shape index (κ1) is 17.9. The smallest absolute Gasteiger partial charge is 0.256 e. The molecule has 0 aliphatic carbocycles. The van der Waals surface area contributed by atoms with Gasteiger partial charge in [-0.05, 0) is 32.4 Å². The summed E-state index contributed by atoms with van der Waals surface area (Å²) in [6.45, 7) is 6.71. The Hall–Kier alpha value is -2.41. The topological polar surface area (TPSA) is 91.2 Å². The zero-order valence-corrected chi connectivity index (χ0v) is 14.3. The van der Waals surface area contributed by atoms with Crippen molar-refractivity contribution in [3.05, 3.63) is 34.3 Å². The van der Waals surface area contributed by atoms with Crippen molar-refractivity contribution in [3.63, 3.8) is 0 Å². The van der Waals surface area contributed by atoms with Crippen LogP contribution in [0, 0.1) is 0 Å². The average Bonchev–Trinajstić information content (AvgIpc) is 2.95. The molecule has 0 radical (unpaired) electrons. The Kier molecular flexibility index (Phi) is 5.92. The van der Waals surface area contributed by atoms with Crippen LogP contribution < -0.4 is 5.56 Å². The maximum Gasteiger partial charge on any atom is 0.256 e. The Bertz CT molecular complexity index is 783. The van der Waals surface area contributed by atoms with Crippen LogP contribution in [0.15, 0.2) is 23.1 Å². The standard InChI is InChI=1S/C17H24N4O3/c1-4-7-20(8-9-22)15(23)6-5-13-10-14-11-18-21(12(2)3)16(14)19-17(13)24/h5-6,10-12,22H,4,7-9H2,1-3H3,(H,19,24)/b6-5+. The zero-order valence-electron chi connectivity index (χ0n) is 14.3. The summed E-state index contributed by atoms with van der Waals surface area (Å²) in [4.78, 5) is 28.8. The van der Waals surface area contributed by atoms with Crippen LogP contribution in [-0.2, 0) is 4.79 Å². The molecule has 2 aromatic heterocycles. The number of H-pyrrole nitrogens is 1. The highest BCUT2D eigenvalue weighted by molar-refractivity contribution is 5.92. The number of aliphatic hydroxyl groups is 1. The van der Waals surface area contributed by atoms with Gasteiger partial charge in [0, 0.05) is 36.2 Å². The minimum Gasteiger partial charge on any atom is -0.395 e.